The maximum absolute atomic E-state index is 13.0. The molecule has 1 rings (SSSR count). The van der Waals surface area contributed by atoms with Crippen LogP contribution >= 0.6 is 0 Å². The van der Waals surface area contributed by atoms with Gasteiger partial charge in [-0.1, -0.05) is 0 Å². The fourth-order valence-corrected chi connectivity index (χ4v) is 1.23. The lowest BCUT2D eigenvalue weighted by molar-refractivity contribution is 0.0601. The van der Waals surface area contributed by atoms with Gasteiger partial charge in [-0.3, -0.25) is 0 Å². The summed E-state index contributed by atoms with van der Waals surface area (Å²) in [4.78, 5) is 11.3. The Bertz CT molecular complexity index is 410. The van der Waals surface area contributed by atoms with Gasteiger partial charge in [0.05, 0.1) is 24.4 Å². The van der Waals surface area contributed by atoms with Crippen molar-refractivity contribution < 1.29 is 22.7 Å². The molecule has 17 heavy (non-hydrogen) atoms. The standard InChI is InChI=1S/C11H12F3NO2/c1-6(10(13)14)15-9-5-7(12)3-4-8(9)11(16)17-2/h3-6,10,15H,1-2H3. The Morgan fingerprint density at radius 3 is 2.59 bits per heavy atom. The number of halogens is 3. The highest BCUT2D eigenvalue weighted by Crippen LogP contribution is 2.20. The third-order valence-electron chi connectivity index (χ3n) is 2.15. The third-order valence-corrected chi connectivity index (χ3v) is 2.15. The SMILES string of the molecule is COC(=O)c1ccc(F)cc1NC(C)C(F)F. The first-order valence-corrected chi connectivity index (χ1v) is 4.88. The summed E-state index contributed by atoms with van der Waals surface area (Å²) in [5.74, 6) is -1.34. The average Bonchev–Trinajstić information content (AvgIpc) is 2.28. The largest absolute Gasteiger partial charge is 0.465 e. The van der Waals surface area contributed by atoms with Crippen LogP contribution in [0.5, 0.6) is 0 Å². The Kier molecular flexibility index (Phi) is 4.37. The lowest BCUT2D eigenvalue weighted by atomic mass is 10.1. The molecule has 0 spiro atoms. The van der Waals surface area contributed by atoms with Crippen molar-refractivity contribution in [2.24, 2.45) is 0 Å². The van der Waals surface area contributed by atoms with E-state index < -0.39 is 24.3 Å². The van der Waals surface area contributed by atoms with Crippen molar-refractivity contribution in [2.45, 2.75) is 19.4 Å². The van der Waals surface area contributed by atoms with Crippen LogP contribution in [0.4, 0.5) is 18.9 Å². The lowest BCUT2D eigenvalue weighted by Gasteiger charge is -2.16. The van der Waals surface area contributed by atoms with Gasteiger partial charge in [-0.2, -0.15) is 0 Å². The highest BCUT2D eigenvalue weighted by molar-refractivity contribution is 5.95. The first-order valence-electron chi connectivity index (χ1n) is 4.88. The molecule has 0 aliphatic rings. The van der Waals surface area contributed by atoms with E-state index in [-0.39, 0.29) is 11.3 Å². The molecule has 0 heterocycles. The molecule has 1 atom stereocenters. The molecule has 1 unspecified atom stereocenters. The van der Waals surface area contributed by atoms with Crippen LogP contribution in [0.25, 0.3) is 0 Å². The van der Waals surface area contributed by atoms with Crippen molar-refractivity contribution >= 4 is 11.7 Å². The van der Waals surface area contributed by atoms with Crippen LogP contribution in [0.2, 0.25) is 0 Å². The zero-order valence-electron chi connectivity index (χ0n) is 9.34. The molecule has 0 aliphatic heterocycles. The minimum absolute atomic E-state index is 0.00958. The number of nitrogens with one attached hydrogen (secondary N) is 1. The number of alkyl halides is 2. The van der Waals surface area contributed by atoms with Gasteiger partial charge in [0.1, 0.15) is 5.82 Å². The molecule has 0 aliphatic carbocycles. The van der Waals surface area contributed by atoms with Gasteiger partial charge < -0.3 is 10.1 Å². The number of hydrogen-bond donors (Lipinski definition) is 1. The number of benzene rings is 1. The van der Waals surface area contributed by atoms with Crippen LogP contribution < -0.4 is 5.32 Å². The van der Waals surface area contributed by atoms with Crippen molar-refractivity contribution in [3.05, 3.63) is 29.6 Å². The van der Waals surface area contributed by atoms with Gasteiger partial charge in [0, 0.05) is 0 Å². The van der Waals surface area contributed by atoms with Crippen LogP contribution in [-0.4, -0.2) is 25.5 Å². The minimum Gasteiger partial charge on any atom is -0.465 e. The molecule has 1 N–H and O–H groups in total. The Balaban J connectivity index is 3.03. The number of carbonyl (C=O) groups excluding carboxylic acids is 1. The van der Waals surface area contributed by atoms with Crippen LogP contribution in [0.3, 0.4) is 0 Å². The van der Waals surface area contributed by atoms with E-state index in [0.717, 1.165) is 19.2 Å². The molecular formula is C11H12F3NO2. The summed E-state index contributed by atoms with van der Waals surface area (Å²) in [6, 6.07) is 2.03. The zero-order valence-corrected chi connectivity index (χ0v) is 9.34. The van der Waals surface area contributed by atoms with Crippen LogP contribution in [0, 0.1) is 5.82 Å². The molecule has 0 aromatic heterocycles. The van der Waals surface area contributed by atoms with Crippen molar-refractivity contribution in [2.75, 3.05) is 12.4 Å². The quantitative estimate of drug-likeness (QED) is 0.831. The second-order valence-corrected chi connectivity index (χ2v) is 3.45. The normalized spacial score (nSPS) is 12.4. The minimum atomic E-state index is -2.62. The molecule has 1 aromatic carbocycles. The van der Waals surface area contributed by atoms with E-state index in [2.05, 4.69) is 10.1 Å². The van der Waals surface area contributed by atoms with Crippen LogP contribution in [0.15, 0.2) is 18.2 Å². The number of methoxy groups -OCH3 is 1. The fraction of sp³-hybridized carbons (Fsp3) is 0.364. The summed E-state index contributed by atoms with van der Waals surface area (Å²) in [6.45, 7) is 1.23. The Morgan fingerprint density at radius 1 is 1.41 bits per heavy atom. The van der Waals surface area contributed by atoms with E-state index in [1.165, 1.54) is 13.0 Å². The molecule has 0 saturated heterocycles. The number of hydrogen-bond acceptors (Lipinski definition) is 3. The van der Waals surface area contributed by atoms with Gasteiger partial charge in [-0.25, -0.2) is 18.0 Å². The Hall–Kier alpha value is -1.72. The van der Waals surface area contributed by atoms with Gasteiger partial charge in [0.2, 0.25) is 0 Å². The fourth-order valence-electron chi connectivity index (χ4n) is 1.23. The monoisotopic (exact) mass is 247 g/mol. The molecule has 94 valence electrons. The van der Waals surface area contributed by atoms with Gasteiger partial charge in [-0.15, -0.1) is 0 Å². The van der Waals surface area contributed by atoms with E-state index in [9.17, 15) is 18.0 Å². The number of esters is 1. The summed E-state index contributed by atoms with van der Waals surface area (Å²) < 4.78 is 42.2. The van der Waals surface area contributed by atoms with Crippen molar-refractivity contribution in [1.82, 2.24) is 0 Å². The second kappa shape index (κ2) is 5.56. The van der Waals surface area contributed by atoms with Crippen molar-refractivity contribution in [1.29, 1.82) is 0 Å². The van der Waals surface area contributed by atoms with E-state index >= 15 is 0 Å². The average molecular weight is 247 g/mol. The summed E-state index contributed by atoms with van der Waals surface area (Å²) in [5.41, 5.74) is 0.00560. The highest BCUT2D eigenvalue weighted by Gasteiger charge is 2.18. The molecule has 0 amide bonds. The summed E-state index contributed by atoms with van der Waals surface area (Å²) >= 11 is 0. The van der Waals surface area contributed by atoms with Crippen LogP contribution in [0.1, 0.15) is 17.3 Å². The predicted octanol–water partition coefficient (Wildman–Crippen LogP) is 2.68. The number of carbonyl (C=O) groups is 1. The number of anilines is 1. The molecule has 1 aromatic rings. The third kappa shape index (κ3) is 3.37. The molecule has 0 fully saturated rings. The van der Waals surface area contributed by atoms with Gasteiger partial charge in [-0.05, 0) is 25.1 Å². The molecular weight excluding hydrogens is 235 g/mol. The maximum atomic E-state index is 13.0. The topological polar surface area (TPSA) is 38.3 Å². The van der Waals surface area contributed by atoms with E-state index in [0.29, 0.717) is 0 Å². The van der Waals surface area contributed by atoms with E-state index in [1.54, 1.807) is 0 Å². The van der Waals surface area contributed by atoms with Gasteiger partial charge >= 0.3 is 5.97 Å². The molecule has 6 heteroatoms. The molecule has 0 saturated carbocycles. The summed E-state index contributed by atoms with van der Waals surface area (Å²) in [6.07, 6.45) is -2.62. The predicted molar refractivity (Wildman–Crippen MR) is 56.8 cm³/mol. The molecule has 0 bridgehead atoms. The Morgan fingerprint density at radius 2 is 2.06 bits per heavy atom. The first-order chi connectivity index (χ1) is 7.95. The van der Waals surface area contributed by atoms with E-state index in [1.807, 2.05) is 0 Å². The zero-order chi connectivity index (χ0) is 13.0. The van der Waals surface area contributed by atoms with Crippen molar-refractivity contribution in [3.63, 3.8) is 0 Å². The van der Waals surface area contributed by atoms with E-state index in [4.69, 9.17) is 0 Å². The van der Waals surface area contributed by atoms with Crippen LogP contribution in [-0.2, 0) is 4.74 Å². The summed E-state index contributed by atoms with van der Waals surface area (Å²) in [5, 5.41) is 2.38. The Labute approximate surface area is 96.6 Å². The number of ether oxygens (including phenoxy) is 1. The lowest BCUT2D eigenvalue weighted by Crippen LogP contribution is -2.25. The van der Waals surface area contributed by atoms with Crippen molar-refractivity contribution in [3.8, 4) is 0 Å². The van der Waals surface area contributed by atoms with Gasteiger partial charge in [0.15, 0.2) is 0 Å². The second-order valence-electron chi connectivity index (χ2n) is 3.45. The number of rotatable bonds is 4. The molecule has 3 nitrogen and oxygen atoms in total. The van der Waals surface area contributed by atoms with Gasteiger partial charge in [0.25, 0.3) is 6.43 Å². The summed E-state index contributed by atoms with van der Waals surface area (Å²) in [7, 11) is 1.16. The first kappa shape index (κ1) is 13.3. The maximum Gasteiger partial charge on any atom is 0.339 e. The molecule has 0 radical (unpaired) electrons. The highest BCUT2D eigenvalue weighted by atomic mass is 19.3. The smallest absolute Gasteiger partial charge is 0.339 e.